The quantitative estimate of drug-likeness (QED) is 0.889. The van der Waals surface area contributed by atoms with Crippen LogP contribution in [-0.2, 0) is 0 Å². The monoisotopic (exact) mass is 253 g/mol. The zero-order valence-electron chi connectivity index (χ0n) is 11.5. The van der Waals surface area contributed by atoms with Crippen molar-refractivity contribution in [1.29, 1.82) is 0 Å². The van der Waals surface area contributed by atoms with Gasteiger partial charge >= 0.3 is 0 Å². The molecule has 19 heavy (non-hydrogen) atoms. The highest BCUT2D eigenvalue weighted by Crippen LogP contribution is 2.36. The second-order valence-electron chi connectivity index (χ2n) is 5.39. The van der Waals surface area contributed by atoms with Crippen molar-refractivity contribution >= 4 is 5.82 Å². The van der Waals surface area contributed by atoms with E-state index in [2.05, 4.69) is 34.2 Å². The first-order valence-corrected chi connectivity index (χ1v) is 6.86. The third-order valence-electron chi connectivity index (χ3n) is 4.17. The molecule has 0 aliphatic heterocycles. The van der Waals surface area contributed by atoms with E-state index in [0.717, 1.165) is 28.6 Å². The number of benzene rings is 1. The molecule has 98 valence electrons. The number of hydrogen-bond donors (Lipinski definition) is 1. The number of rotatable bonds is 2. The molecule has 0 unspecified atom stereocenters. The number of aromatic nitrogens is 2. The summed E-state index contributed by atoms with van der Waals surface area (Å²) in [6.45, 7) is 3.92. The predicted molar refractivity (Wildman–Crippen MR) is 77.9 cm³/mol. The predicted octanol–water partition coefficient (Wildman–Crippen LogP) is 3.61. The summed E-state index contributed by atoms with van der Waals surface area (Å²) in [5.74, 6) is 2.06. The van der Waals surface area contributed by atoms with Gasteiger partial charge in [-0.15, -0.1) is 0 Å². The van der Waals surface area contributed by atoms with Gasteiger partial charge in [-0.25, -0.2) is 9.97 Å². The van der Waals surface area contributed by atoms with E-state index in [1.807, 2.05) is 13.8 Å². The van der Waals surface area contributed by atoms with Crippen molar-refractivity contribution in [3.05, 3.63) is 41.1 Å². The van der Waals surface area contributed by atoms with Crippen molar-refractivity contribution in [1.82, 2.24) is 9.97 Å². The van der Waals surface area contributed by atoms with E-state index < -0.39 is 0 Å². The Kier molecular flexibility index (Phi) is 2.97. The van der Waals surface area contributed by atoms with Gasteiger partial charge in [0.25, 0.3) is 0 Å². The van der Waals surface area contributed by atoms with Crippen LogP contribution < -0.4 is 5.73 Å². The molecule has 0 bridgehead atoms. The van der Waals surface area contributed by atoms with Crippen LogP contribution in [0.3, 0.4) is 0 Å². The molecular weight excluding hydrogens is 234 g/mol. The molecule has 1 aliphatic carbocycles. The molecule has 3 rings (SSSR count). The summed E-state index contributed by atoms with van der Waals surface area (Å²) in [6.07, 6.45) is 4.02. The maximum absolute atomic E-state index is 5.92. The molecule has 0 amide bonds. The van der Waals surface area contributed by atoms with Crippen molar-refractivity contribution < 1.29 is 0 Å². The summed E-state index contributed by atoms with van der Waals surface area (Å²) in [7, 11) is 0. The average molecular weight is 253 g/mol. The van der Waals surface area contributed by atoms with Crippen LogP contribution in [0.15, 0.2) is 24.3 Å². The minimum Gasteiger partial charge on any atom is -0.383 e. The zero-order valence-corrected chi connectivity index (χ0v) is 11.5. The highest BCUT2D eigenvalue weighted by molar-refractivity contribution is 5.59. The Labute approximate surface area is 113 Å². The molecule has 1 aromatic heterocycles. The fourth-order valence-electron chi connectivity index (χ4n) is 2.43. The van der Waals surface area contributed by atoms with Crippen LogP contribution in [0.25, 0.3) is 11.4 Å². The van der Waals surface area contributed by atoms with Gasteiger partial charge in [0.15, 0.2) is 5.82 Å². The molecule has 0 spiro atoms. The van der Waals surface area contributed by atoms with Gasteiger partial charge in [-0.05, 0) is 38.2 Å². The molecule has 1 heterocycles. The Morgan fingerprint density at radius 1 is 1.05 bits per heavy atom. The summed E-state index contributed by atoms with van der Waals surface area (Å²) >= 11 is 0. The maximum Gasteiger partial charge on any atom is 0.161 e. The van der Waals surface area contributed by atoms with E-state index >= 15 is 0 Å². The van der Waals surface area contributed by atoms with E-state index in [9.17, 15) is 0 Å². The Balaban J connectivity index is 1.93. The van der Waals surface area contributed by atoms with Gasteiger partial charge in [0.2, 0.25) is 0 Å². The van der Waals surface area contributed by atoms with Crippen molar-refractivity contribution in [2.45, 2.75) is 39.0 Å². The van der Waals surface area contributed by atoms with Crippen LogP contribution in [0.2, 0.25) is 0 Å². The second-order valence-corrected chi connectivity index (χ2v) is 5.39. The molecule has 1 aliphatic rings. The lowest BCUT2D eigenvalue weighted by molar-refractivity contribution is 0.420. The smallest absolute Gasteiger partial charge is 0.161 e. The summed E-state index contributed by atoms with van der Waals surface area (Å²) in [5.41, 5.74) is 10.3. The van der Waals surface area contributed by atoms with Crippen molar-refractivity contribution in [2.75, 3.05) is 5.73 Å². The minimum absolute atomic E-state index is 0.575. The third kappa shape index (κ3) is 2.21. The van der Waals surface area contributed by atoms with Gasteiger partial charge in [0.1, 0.15) is 5.82 Å². The summed E-state index contributed by atoms with van der Waals surface area (Å²) in [5, 5.41) is 0. The van der Waals surface area contributed by atoms with Gasteiger partial charge in [0.05, 0.1) is 0 Å². The van der Waals surface area contributed by atoms with Gasteiger partial charge in [-0.2, -0.15) is 0 Å². The van der Waals surface area contributed by atoms with Gasteiger partial charge in [0, 0.05) is 16.8 Å². The molecule has 1 aromatic carbocycles. The van der Waals surface area contributed by atoms with E-state index in [1.165, 1.54) is 24.8 Å². The molecule has 0 atom stereocenters. The average Bonchev–Trinajstić information content (AvgIpc) is 2.34. The summed E-state index contributed by atoms with van der Waals surface area (Å²) in [4.78, 5) is 8.90. The lowest BCUT2D eigenvalue weighted by Crippen LogP contribution is -2.08. The standard InChI is InChI=1S/C16H19N3/c1-10-11(2)18-16(19-15(10)17)14-8-6-13(7-9-14)12-4-3-5-12/h6-9,12H,3-5H2,1-2H3,(H2,17,18,19). The van der Waals surface area contributed by atoms with E-state index in [4.69, 9.17) is 5.73 Å². The third-order valence-corrected chi connectivity index (χ3v) is 4.17. The molecule has 3 nitrogen and oxygen atoms in total. The van der Waals surface area contributed by atoms with Crippen LogP contribution in [0.4, 0.5) is 5.82 Å². The van der Waals surface area contributed by atoms with Crippen LogP contribution in [0, 0.1) is 13.8 Å². The normalized spacial score (nSPS) is 15.3. The fourth-order valence-corrected chi connectivity index (χ4v) is 2.43. The number of nitrogens with two attached hydrogens (primary N) is 1. The molecule has 3 heteroatoms. The van der Waals surface area contributed by atoms with E-state index in [0.29, 0.717) is 5.82 Å². The van der Waals surface area contributed by atoms with E-state index in [1.54, 1.807) is 0 Å². The first kappa shape index (κ1) is 12.2. The molecule has 1 saturated carbocycles. The van der Waals surface area contributed by atoms with Crippen LogP contribution >= 0.6 is 0 Å². The second kappa shape index (κ2) is 4.65. The summed E-state index contributed by atoms with van der Waals surface area (Å²) < 4.78 is 0. The Bertz CT molecular complexity index is 575. The fraction of sp³-hybridized carbons (Fsp3) is 0.375. The molecular formula is C16H19N3. The SMILES string of the molecule is Cc1nc(-c2ccc(C3CCC3)cc2)nc(N)c1C. The summed E-state index contributed by atoms with van der Waals surface area (Å²) in [6, 6.07) is 8.62. The van der Waals surface area contributed by atoms with Gasteiger partial charge < -0.3 is 5.73 Å². The van der Waals surface area contributed by atoms with Gasteiger partial charge in [-0.1, -0.05) is 30.7 Å². The largest absolute Gasteiger partial charge is 0.383 e. The number of anilines is 1. The maximum atomic E-state index is 5.92. The number of nitrogens with zero attached hydrogens (tertiary/aromatic N) is 2. The lowest BCUT2D eigenvalue weighted by atomic mass is 9.80. The highest BCUT2D eigenvalue weighted by atomic mass is 15.0. The van der Waals surface area contributed by atoms with E-state index in [-0.39, 0.29) is 0 Å². The molecule has 1 fully saturated rings. The molecule has 2 aromatic rings. The Morgan fingerprint density at radius 3 is 2.26 bits per heavy atom. The number of hydrogen-bond acceptors (Lipinski definition) is 3. The molecule has 0 radical (unpaired) electrons. The van der Waals surface area contributed by atoms with Gasteiger partial charge in [-0.3, -0.25) is 0 Å². The van der Waals surface area contributed by atoms with Crippen LogP contribution in [-0.4, -0.2) is 9.97 Å². The van der Waals surface area contributed by atoms with Crippen molar-refractivity contribution in [3.8, 4) is 11.4 Å². The number of aryl methyl sites for hydroxylation is 1. The zero-order chi connectivity index (χ0) is 13.4. The topological polar surface area (TPSA) is 51.8 Å². The highest BCUT2D eigenvalue weighted by Gasteiger charge is 2.19. The lowest BCUT2D eigenvalue weighted by Gasteiger charge is -2.25. The number of nitrogen functional groups attached to an aromatic ring is 1. The molecule has 2 N–H and O–H groups in total. The Morgan fingerprint density at radius 2 is 1.74 bits per heavy atom. The van der Waals surface area contributed by atoms with Crippen LogP contribution in [0.5, 0.6) is 0 Å². The molecule has 0 saturated heterocycles. The first-order valence-electron chi connectivity index (χ1n) is 6.86. The van der Waals surface area contributed by atoms with Crippen LogP contribution in [0.1, 0.15) is 42.0 Å². The van der Waals surface area contributed by atoms with Crippen molar-refractivity contribution in [3.63, 3.8) is 0 Å². The first-order chi connectivity index (χ1) is 9.15. The van der Waals surface area contributed by atoms with Crippen molar-refractivity contribution in [2.24, 2.45) is 0 Å². The Hall–Kier alpha value is -1.90. The minimum atomic E-state index is 0.575.